The molecule has 0 radical (unpaired) electrons. The summed E-state index contributed by atoms with van der Waals surface area (Å²) < 4.78 is 5.65. The number of carboxylic acids is 1. The van der Waals surface area contributed by atoms with Crippen molar-refractivity contribution in [3.05, 3.63) is 0 Å². The molecule has 3 aliphatic heterocycles. The van der Waals surface area contributed by atoms with Gasteiger partial charge in [-0.1, -0.05) is 0 Å². The van der Waals surface area contributed by atoms with Gasteiger partial charge in [0.2, 0.25) is 0 Å². The number of nitrogens with zero attached hydrogens (tertiary/aromatic N) is 5. The van der Waals surface area contributed by atoms with Gasteiger partial charge in [-0.3, -0.25) is 24.9 Å². The molecule has 0 saturated carbocycles. The van der Waals surface area contributed by atoms with Gasteiger partial charge >= 0.3 is 12.1 Å². The number of amides is 1. The lowest BCUT2D eigenvalue weighted by Crippen LogP contribution is -2.54. The van der Waals surface area contributed by atoms with Crippen molar-refractivity contribution < 1.29 is 19.4 Å². The Morgan fingerprint density at radius 1 is 1.14 bits per heavy atom. The van der Waals surface area contributed by atoms with Crippen molar-refractivity contribution in [1.29, 1.82) is 5.41 Å². The average Bonchev–Trinajstić information content (AvgIpc) is 2.97. The molecule has 3 fully saturated rings. The van der Waals surface area contributed by atoms with E-state index in [9.17, 15) is 9.59 Å². The molecule has 3 aliphatic rings. The van der Waals surface area contributed by atoms with Gasteiger partial charge in [-0.2, -0.15) is 0 Å². The van der Waals surface area contributed by atoms with Crippen LogP contribution in [0.25, 0.3) is 0 Å². The molecule has 0 aromatic carbocycles. The molecule has 11 nitrogen and oxygen atoms in total. The Kier molecular flexibility index (Phi) is 7.14. The summed E-state index contributed by atoms with van der Waals surface area (Å²) in [5.41, 5.74) is 5.54. The van der Waals surface area contributed by atoms with E-state index in [0.717, 1.165) is 45.6 Å². The number of cyclic esters (lactones) is 1. The molecule has 29 heavy (non-hydrogen) atoms. The van der Waals surface area contributed by atoms with Gasteiger partial charge in [-0.15, -0.1) is 0 Å². The van der Waals surface area contributed by atoms with Crippen LogP contribution in [0.15, 0.2) is 0 Å². The predicted octanol–water partition coefficient (Wildman–Crippen LogP) is -1.24. The molecule has 0 aliphatic carbocycles. The minimum atomic E-state index is -0.813. The van der Waals surface area contributed by atoms with E-state index in [1.54, 1.807) is 11.9 Å². The van der Waals surface area contributed by atoms with Crippen LogP contribution in [-0.2, 0) is 9.53 Å². The summed E-state index contributed by atoms with van der Waals surface area (Å²) >= 11 is 0. The maximum atomic E-state index is 12.2. The number of hydrogen-bond donors (Lipinski definition) is 3. The number of carboxylic acid groups (broad SMARTS) is 1. The summed E-state index contributed by atoms with van der Waals surface area (Å²) in [5, 5.41) is 16.5. The first kappa shape index (κ1) is 21.6. The number of piperazine rings is 2. The molecular weight excluding hydrogens is 378 g/mol. The van der Waals surface area contributed by atoms with Gasteiger partial charge in [-0.05, 0) is 19.4 Å². The van der Waals surface area contributed by atoms with Crippen LogP contribution in [0.4, 0.5) is 4.79 Å². The highest BCUT2D eigenvalue weighted by Gasteiger charge is 2.43. The van der Waals surface area contributed by atoms with Gasteiger partial charge in [0, 0.05) is 59.4 Å². The summed E-state index contributed by atoms with van der Waals surface area (Å²) in [4.78, 5) is 33.1. The van der Waals surface area contributed by atoms with Gasteiger partial charge in [0.25, 0.3) is 0 Å². The van der Waals surface area contributed by atoms with E-state index in [1.165, 1.54) is 0 Å². The third kappa shape index (κ3) is 5.49. The van der Waals surface area contributed by atoms with Crippen LogP contribution < -0.4 is 5.73 Å². The SMILES string of the molecule is CN1C(=O)OC(N2CCN(CC(=O)O)CC2)C1CCCN1CCN(C(=N)N)CC1. The van der Waals surface area contributed by atoms with Crippen LogP contribution in [0.3, 0.4) is 0 Å². The van der Waals surface area contributed by atoms with E-state index < -0.39 is 5.97 Å². The number of aliphatic carboxylic acids is 1. The molecule has 11 heteroatoms. The molecule has 0 aromatic heterocycles. The third-order valence-electron chi connectivity index (χ3n) is 6.15. The first-order chi connectivity index (χ1) is 13.8. The number of nitrogens with one attached hydrogen (secondary N) is 1. The predicted molar refractivity (Wildman–Crippen MR) is 107 cm³/mol. The van der Waals surface area contributed by atoms with Gasteiger partial charge < -0.3 is 25.4 Å². The quantitative estimate of drug-likeness (QED) is 0.348. The molecule has 1 amide bonds. The zero-order chi connectivity index (χ0) is 21.0. The summed E-state index contributed by atoms with van der Waals surface area (Å²) in [6, 6.07) is 0.00651. The van der Waals surface area contributed by atoms with E-state index in [4.69, 9.17) is 21.0 Å². The van der Waals surface area contributed by atoms with Crippen LogP contribution >= 0.6 is 0 Å². The standard InChI is InChI=1S/C18H33N7O4/c1-21-14(3-2-4-22-5-11-25(12-6-22)17(19)20)16(29-18(21)28)24-9-7-23(8-10-24)13-15(26)27/h14,16H,2-13H2,1H3,(H3,19,20)(H,26,27). The van der Waals surface area contributed by atoms with Crippen LogP contribution in [0.1, 0.15) is 12.8 Å². The van der Waals surface area contributed by atoms with Crippen molar-refractivity contribution in [2.45, 2.75) is 25.1 Å². The lowest BCUT2D eigenvalue weighted by Gasteiger charge is -2.38. The van der Waals surface area contributed by atoms with Crippen LogP contribution in [0.5, 0.6) is 0 Å². The van der Waals surface area contributed by atoms with Crippen molar-refractivity contribution in [2.75, 3.05) is 72.5 Å². The van der Waals surface area contributed by atoms with Crippen molar-refractivity contribution >= 4 is 18.0 Å². The van der Waals surface area contributed by atoms with E-state index in [0.29, 0.717) is 26.2 Å². The Morgan fingerprint density at radius 3 is 2.34 bits per heavy atom. The second kappa shape index (κ2) is 9.59. The van der Waals surface area contributed by atoms with E-state index in [2.05, 4.69) is 9.80 Å². The first-order valence-electron chi connectivity index (χ1n) is 10.3. The summed E-state index contributed by atoms with van der Waals surface area (Å²) in [6.45, 7) is 7.07. The normalized spacial score (nSPS) is 27.3. The zero-order valence-electron chi connectivity index (χ0n) is 17.1. The smallest absolute Gasteiger partial charge is 0.411 e. The summed E-state index contributed by atoms with van der Waals surface area (Å²) in [5.74, 6) is -0.674. The molecule has 164 valence electrons. The molecule has 3 saturated heterocycles. The lowest BCUT2D eigenvalue weighted by molar-refractivity contribution is -0.139. The number of nitrogens with two attached hydrogens (primary N) is 1. The Hall–Kier alpha value is -2.11. The van der Waals surface area contributed by atoms with Crippen LogP contribution in [-0.4, -0.2) is 132 Å². The maximum absolute atomic E-state index is 12.2. The maximum Gasteiger partial charge on any atom is 0.411 e. The average molecular weight is 412 g/mol. The molecular formula is C18H33N7O4. The van der Waals surface area contributed by atoms with Gasteiger partial charge in [-0.25, -0.2) is 4.79 Å². The summed E-state index contributed by atoms with van der Waals surface area (Å²) in [6.07, 6.45) is 1.26. The highest BCUT2D eigenvalue weighted by atomic mass is 16.6. The fraction of sp³-hybridized carbons (Fsp3) is 0.833. The monoisotopic (exact) mass is 411 g/mol. The molecule has 3 rings (SSSR count). The second-order valence-electron chi connectivity index (χ2n) is 8.01. The largest absolute Gasteiger partial charge is 0.480 e. The highest BCUT2D eigenvalue weighted by Crippen LogP contribution is 2.25. The van der Waals surface area contributed by atoms with E-state index >= 15 is 0 Å². The van der Waals surface area contributed by atoms with Gasteiger partial charge in [0.15, 0.2) is 12.2 Å². The van der Waals surface area contributed by atoms with Gasteiger partial charge in [0.05, 0.1) is 12.6 Å². The lowest BCUT2D eigenvalue weighted by atomic mass is 10.1. The molecule has 2 atom stereocenters. The number of guanidine groups is 1. The Morgan fingerprint density at radius 2 is 1.76 bits per heavy atom. The Labute approximate surface area is 171 Å². The van der Waals surface area contributed by atoms with Crippen LogP contribution in [0, 0.1) is 5.41 Å². The van der Waals surface area contributed by atoms with E-state index in [-0.39, 0.29) is 30.9 Å². The fourth-order valence-electron chi connectivity index (χ4n) is 4.35. The summed E-state index contributed by atoms with van der Waals surface area (Å²) in [7, 11) is 1.79. The number of carbonyl (C=O) groups excluding carboxylic acids is 1. The van der Waals surface area contributed by atoms with E-state index in [1.807, 2.05) is 9.80 Å². The number of likely N-dealkylation sites (N-methyl/N-ethyl adjacent to an activating group) is 1. The molecule has 2 unspecified atom stereocenters. The minimum Gasteiger partial charge on any atom is -0.480 e. The Balaban J connectivity index is 1.45. The third-order valence-corrected chi connectivity index (χ3v) is 6.15. The minimum absolute atomic E-state index is 0.00651. The number of carbonyl (C=O) groups is 2. The van der Waals surface area contributed by atoms with Gasteiger partial charge in [0.1, 0.15) is 0 Å². The molecule has 0 spiro atoms. The fourth-order valence-corrected chi connectivity index (χ4v) is 4.35. The number of hydrogen-bond acceptors (Lipinski definition) is 7. The molecule has 3 heterocycles. The first-order valence-corrected chi connectivity index (χ1v) is 10.3. The Bertz CT molecular complexity index is 603. The highest BCUT2D eigenvalue weighted by molar-refractivity contribution is 5.74. The number of ether oxygens (including phenoxy) is 1. The second-order valence-corrected chi connectivity index (χ2v) is 8.01. The van der Waals surface area contributed by atoms with Crippen molar-refractivity contribution in [3.8, 4) is 0 Å². The van der Waals surface area contributed by atoms with Crippen LogP contribution in [0.2, 0.25) is 0 Å². The number of rotatable bonds is 7. The van der Waals surface area contributed by atoms with Crippen molar-refractivity contribution in [1.82, 2.24) is 24.5 Å². The van der Waals surface area contributed by atoms with Crippen molar-refractivity contribution in [2.24, 2.45) is 5.73 Å². The topological polar surface area (TPSA) is 130 Å². The zero-order valence-corrected chi connectivity index (χ0v) is 17.1. The molecule has 0 aromatic rings. The van der Waals surface area contributed by atoms with Crippen molar-refractivity contribution in [3.63, 3.8) is 0 Å². The molecule has 4 N–H and O–H groups in total. The molecule has 0 bridgehead atoms.